The van der Waals surface area contributed by atoms with Gasteiger partial charge in [-0.15, -0.1) is 13.2 Å². The third kappa shape index (κ3) is 16.6. The molecule has 4 N–H and O–H groups in total. The first-order chi connectivity index (χ1) is 17.7. The Balaban J connectivity index is 0.000000665. The van der Waals surface area contributed by atoms with Gasteiger partial charge in [-0.1, -0.05) is 18.2 Å². The summed E-state index contributed by atoms with van der Waals surface area (Å²) >= 11 is 0. The number of anilines is 1. The van der Waals surface area contributed by atoms with E-state index in [4.69, 9.17) is 5.11 Å². The summed E-state index contributed by atoms with van der Waals surface area (Å²) in [5, 5.41) is 15.4. The van der Waals surface area contributed by atoms with Gasteiger partial charge in [0.2, 0.25) is 12.3 Å². The van der Waals surface area contributed by atoms with E-state index in [2.05, 4.69) is 25.7 Å². The molecule has 1 aromatic heterocycles. The molecule has 0 bridgehead atoms. The number of amides is 2. The molecule has 2 rings (SSSR count). The van der Waals surface area contributed by atoms with Crippen LogP contribution in [-0.4, -0.2) is 61.3 Å². The van der Waals surface area contributed by atoms with Crippen LogP contribution in [-0.2, 0) is 19.1 Å². The molecule has 2 amide bonds. The number of carbonyl (C=O) groups is 3. The molecule has 0 fully saturated rings. The van der Waals surface area contributed by atoms with Crippen LogP contribution in [0.3, 0.4) is 0 Å². The van der Waals surface area contributed by atoms with Crippen LogP contribution in [0.2, 0.25) is 0 Å². The molecule has 0 radical (unpaired) electrons. The Morgan fingerprint density at radius 2 is 2.00 bits per heavy atom. The Morgan fingerprint density at radius 3 is 2.59 bits per heavy atom. The van der Waals surface area contributed by atoms with E-state index in [1.165, 1.54) is 23.8 Å². The number of pyridine rings is 1. The number of alkyl halides is 3. The summed E-state index contributed by atoms with van der Waals surface area (Å²) in [6, 6.07) is 3.34. The number of nitrogens with zero attached hydrogens (tertiary/aromatic N) is 1. The van der Waals surface area contributed by atoms with Crippen LogP contribution in [0.25, 0.3) is 0 Å². The molecule has 9 nitrogen and oxygen atoms in total. The third-order valence-electron chi connectivity index (χ3n) is 4.57. The Hall–Kier alpha value is -3.67. The zero-order valence-electron chi connectivity index (χ0n) is 21.1. The molecule has 0 saturated heterocycles. The number of carbonyl (C=O) groups excluding carboxylic acids is 3. The normalized spacial score (nSPS) is 14.8. The fourth-order valence-corrected chi connectivity index (χ4v) is 3.01. The summed E-state index contributed by atoms with van der Waals surface area (Å²) in [5.74, 6) is 0.0336. The van der Waals surface area contributed by atoms with Gasteiger partial charge < -0.3 is 30.6 Å². The number of hydrogen-bond acceptors (Lipinski definition) is 7. The Bertz CT molecular complexity index is 895. The predicted molar refractivity (Wildman–Crippen MR) is 134 cm³/mol. The lowest BCUT2D eigenvalue weighted by atomic mass is 9.96. The van der Waals surface area contributed by atoms with Gasteiger partial charge in [0.25, 0.3) is 0 Å². The molecule has 0 aliphatic heterocycles. The Morgan fingerprint density at radius 1 is 1.27 bits per heavy atom. The number of ether oxygens (including phenoxy) is 1. The van der Waals surface area contributed by atoms with Crippen LogP contribution in [0, 0.1) is 12.8 Å². The van der Waals surface area contributed by atoms with Crippen molar-refractivity contribution in [1.29, 1.82) is 0 Å². The molecule has 2 unspecified atom stereocenters. The number of aldehydes is 1. The average Bonchev–Trinajstić information content (AvgIpc) is 3.08. The van der Waals surface area contributed by atoms with E-state index < -0.39 is 18.3 Å². The standard InChI is InChI=1S/C12H12F3NO3.C12H19N3O.CH4O/c13-12(14,15)19-10-4-2-1-3-9(7-10)11(5-6-17)16-8-18;1-3-13-12(16)5-4-7-14-11-9-10(2)6-8-15-11;1-2/h1-4,6-9,11H,5H2,(H,16,18);6,8-9H,3-5,7H2,1-2H3,(H,13,16)(H,14,15);2H,1H3. The number of aliphatic hydroxyl groups excluding tert-OH is 1. The number of hydrogen-bond donors (Lipinski definition) is 4. The van der Waals surface area contributed by atoms with E-state index in [0.717, 1.165) is 32.0 Å². The summed E-state index contributed by atoms with van der Waals surface area (Å²) < 4.78 is 40.3. The fourth-order valence-electron chi connectivity index (χ4n) is 3.01. The van der Waals surface area contributed by atoms with Crippen molar-refractivity contribution in [3.8, 4) is 0 Å². The van der Waals surface area contributed by atoms with Crippen LogP contribution in [0.4, 0.5) is 19.0 Å². The second-order valence-corrected chi connectivity index (χ2v) is 7.43. The van der Waals surface area contributed by atoms with Crippen molar-refractivity contribution in [1.82, 2.24) is 15.6 Å². The maximum Gasteiger partial charge on any atom is 0.573 e. The van der Waals surface area contributed by atoms with Crippen LogP contribution >= 0.6 is 0 Å². The maximum absolute atomic E-state index is 12.2. The van der Waals surface area contributed by atoms with Gasteiger partial charge in [-0.25, -0.2) is 4.98 Å². The monoisotopic (exact) mass is 528 g/mol. The minimum Gasteiger partial charge on any atom is -0.406 e. The van der Waals surface area contributed by atoms with Gasteiger partial charge in [0, 0.05) is 51.2 Å². The van der Waals surface area contributed by atoms with E-state index in [-0.39, 0.29) is 18.1 Å². The van der Waals surface area contributed by atoms with Gasteiger partial charge in [-0.3, -0.25) is 9.59 Å². The summed E-state index contributed by atoms with van der Waals surface area (Å²) in [4.78, 5) is 36.3. The zero-order chi connectivity index (χ0) is 28.1. The van der Waals surface area contributed by atoms with Crippen LogP contribution in [0.5, 0.6) is 0 Å². The van der Waals surface area contributed by atoms with E-state index >= 15 is 0 Å². The van der Waals surface area contributed by atoms with Crippen LogP contribution in [0.15, 0.2) is 54.5 Å². The van der Waals surface area contributed by atoms with Gasteiger partial charge in [-0.05, 0) is 50.1 Å². The highest BCUT2D eigenvalue weighted by molar-refractivity contribution is 5.75. The largest absolute Gasteiger partial charge is 0.573 e. The Labute approximate surface area is 214 Å². The lowest BCUT2D eigenvalue weighted by Crippen LogP contribution is -2.34. The van der Waals surface area contributed by atoms with E-state index in [9.17, 15) is 27.6 Å². The lowest BCUT2D eigenvalue weighted by Gasteiger charge is -2.20. The van der Waals surface area contributed by atoms with Crippen molar-refractivity contribution in [2.24, 2.45) is 5.92 Å². The number of halogens is 3. The van der Waals surface area contributed by atoms with Crippen molar-refractivity contribution >= 4 is 24.4 Å². The second kappa shape index (κ2) is 19.5. The SMILES string of the molecule is CCNC(=O)CCCNc1cc(C)ccn1.CO.O=CCC(NC=O)C1C=CC=CC(OC(F)(F)F)=C1. The van der Waals surface area contributed by atoms with E-state index in [0.29, 0.717) is 25.7 Å². The number of allylic oxidation sites excluding steroid dienone is 3. The smallest absolute Gasteiger partial charge is 0.406 e. The quantitative estimate of drug-likeness (QED) is 0.242. The fraction of sp³-hybridized carbons (Fsp3) is 0.440. The average molecular weight is 529 g/mol. The van der Waals surface area contributed by atoms with Crippen molar-refractivity contribution in [2.45, 2.75) is 45.5 Å². The molecule has 206 valence electrons. The number of nitrogens with one attached hydrogen (secondary N) is 3. The first-order valence-corrected chi connectivity index (χ1v) is 11.5. The highest BCUT2D eigenvalue weighted by Gasteiger charge is 2.32. The van der Waals surface area contributed by atoms with Gasteiger partial charge in [0.1, 0.15) is 17.9 Å². The van der Waals surface area contributed by atoms with Crippen molar-refractivity contribution in [3.05, 3.63) is 60.0 Å². The summed E-state index contributed by atoms with van der Waals surface area (Å²) in [5.41, 5.74) is 1.18. The molecule has 0 saturated carbocycles. The van der Waals surface area contributed by atoms with Crippen molar-refractivity contribution in [3.63, 3.8) is 0 Å². The third-order valence-corrected chi connectivity index (χ3v) is 4.57. The number of aryl methyl sites for hydroxylation is 1. The maximum atomic E-state index is 12.2. The topological polar surface area (TPSA) is 130 Å². The van der Waals surface area contributed by atoms with E-state index in [1.54, 1.807) is 12.3 Å². The summed E-state index contributed by atoms with van der Waals surface area (Å²) in [6.07, 6.45) is 6.20. The highest BCUT2D eigenvalue weighted by Crippen LogP contribution is 2.25. The molecule has 1 heterocycles. The predicted octanol–water partition coefficient (Wildman–Crippen LogP) is 3.18. The molecule has 1 aromatic rings. The lowest BCUT2D eigenvalue weighted by molar-refractivity contribution is -0.303. The molecule has 1 aliphatic carbocycles. The molecule has 37 heavy (non-hydrogen) atoms. The van der Waals surface area contributed by atoms with Gasteiger partial charge in [0.15, 0.2) is 0 Å². The molecular weight excluding hydrogens is 493 g/mol. The molecule has 2 atom stereocenters. The van der Waals surface area contributed by atoms with E-state index in [1.807, 2.05) is 26.0 Å². The molecule has 0 aromatic carbocycles. The van der Waals surface area contributed by atoms with Gasteiger partial charge in [0.05, 0.1) is 0 Å². The summed E-state index contributed by atoms with van der Waals surface area (Å²) in [7, 11) is 1.00. The molecule has 0 spiro atoms. The van der Waals surface area contributed by atoms with Gasteiger partial charge in [-0.2, -0.15) is 0 Å². The van der Waals surface area contributed by atoms with Crippen LogP contribution < -0.4 is 16.0 Å². The van der Waals surface area contributed by atoms with Gasteiger partial charge >= 0.3 is 6.36 Å². The number of rotatable bonds is 12. The number of aliphatic hydroxyl groups is 1. The minimum absolute atomic E-state index is 0.0104. The first-order valence-electron chi connectivity index (χ1n) is 11.5. The second-order valence-electron chi connectivity index (χ2n) is 7.43. The molecular formula is C25H35F3N4O5. The first kappa shape index (κ1) is 33.3. The van der Waals surface area contributed by atoms with Crippen molar-refractivity contribution < 1.29 is 37.4 Å². The highest BCUT2D eigenvalue weighted by atomic mass is 19.4. The molecule has 12 heteroatoms. The Kier molecular flexibility index (Phi) is 17.6. The molecule has 1 aliphatic rings. The summed E-state index contributed by atoms with van der Waals surface area (Å²) in [6.45, 7) is 5.42. The minimum atomic E-state index is -4.79. The van der Waals surface area contributed by atoms with Crippen LogP contribution in [0.1, 0.15) is 31.7 Å². The number of aromatic nitrogens is 1. The zero-order valence-corrected chi connectivity index (χ0v) is 21.1. The van der Waals surface area contributed by atoms with Crippen molar-refractivity contribution in [2.75, 3.05) is 25.5 Å².